The maximum Gasteiger partial charge on any atom is 0.258 e. The zero-order chi connectivity index (χ0) is 16.1. The third-order valence-electron chi connectivity index (χ3n) is 3.35. The zero-order valence-corrected chi connectivity index (χ0v) is 12.7. The molecule has 3 N–H and O–H groups in total. The first-order valence-corrected chi connectivity index (χ1v) is 7.25. The molecular formula is C15H20N4O3. The number of rotatable bonds is 4. The number of carbonyl (C=O) groups is 3. The fourth-order valence-corrected chi connectivity index (χ4v) is 2.38. The molecule has 22 heavy (non-hydrogen) atoms. The first-order valence-electron chi connectivity index (χ1n) is 7.25. The van der Waals surface area contributed by atoms with Gasteiger partial charge in [-0.1, -0.05) is 25.5 Å². The van der Waals surface area contributed by atoms with Gasteiger partial charge in [0.1, 0.15) is 12.6 Å². The van der Waals surface area contributed by atoms with Gasteiger partial charge in [0, 0.05) is 6.92 Å². The second-order valence-corrected chi connectivity index (χ2v) is 5.16. The van der Waals surface area contributed by atoms with Crippen LogP contribution in [-0.2, 0) is 14.4 Å². The number of nitrogens with zero attached hydrogens (tertiary/aromatic N) is 1. The Bertz CT molecular complexity index is 588. The Balaban J connectivity index is 2.18. The fourth-order valence-electron chi connectivity index (χ4n) is 2.38. The van der Waals surface area contributed by atoms with Gasteiger partial charge in [0.15, 0.2) is 0 Å². The number of hydrogen-bond acceptors (Lipinski definition) is 4. The molecule has 1 aliphatic heterocycles. The molecule has 0 fully saturated rings. The lowest BCUT2D eigenvalue weighted by molar-refractivity contribution is -0.128. The van der Waals surface area contributed by atoms with Crippen LogP contribution in [0.5, 0.6) is 0 Å². The van der Waals surface area contributed by atoms with Crippen LogP contribution in [0.3, 0.4) is 0 Å². The maximum atomic E-state index is 12.5. The first kappa shape index (κ1) is 15.8. The summed E-state index contributed by atoms with van der Waals surface area (Å²) in [4.78, 5) is 36.7. The van der Waals surface area contributed by atoms with Crippen molar-refractivity contribution in [3.8, 4) is 0 Å². The van der Waals surface area contributed by atoms with E-state index in [4.69, 9.17) is 0 Å². The summed E-state index contributed by atoms with van der Waals surface area (Å²) >= 11 is 0. The molecule has 7 heteroatoms. The van der Waals surface area contributed by atoms with E-state index in [9.17, 15) is 14.4 Å². The SMILES string of the molecule is CCCC1Nc2ccccc2N(CC(=O)NNC(C)=O)C1=O. The van der Waals surface area contributed by atoms with Gasteiger partial charge in [0.25, 0.3) is 5.91 Å². The standard InChI is InChI=1S/C15H20N4O3/c1-3-6-12-15(22)19(9-14(21)18-17-10(2)20)13-8-5-4-7-11(13)16-12/h4-5,7-8,12,16H,3,6,9H2,1-2H3,(H,17,20)(H,18,21). The highest BCUT2D eigenvalue weighted by Gasteiger charge is 2.32. The summed E-state index contributed by atoms with van der Waals surface area (Å²) in [5.74, 6) is -0.960. The largest absolute Gasteiger partial charge is 0.372 e. The van der Waals surface area contributed by atoms with Gasteiger partial charge in [-0.3, -0.25) is 30.1 Å². The molecule has 0 saturated heterocycles. The molecule has 118 valence electrons. The Hall–Kier alpha value is -2.57. The van der Waals surface area contributed by atoms with E-state index < -0.39 is 5.91 Å². The number of amides is 3. The van der Waals surface area contributed by atoms with Crippen molar-refractivity contribution in [1.82, 2.24) is 10.9 Å². The molecule has 1 unspecified atom stereocenters. The van der Waals surface area contributed by atoms with Crippen molar-refractivity contribution >= 4 is 29.1 Å². The van der Waals surface area contributed by atoms with Crippen LogP contribution in [0.25, 0.3) is 0 Å². The number of hydrazine groups is 1. The van der Waals surface area contributed by atoms with Crippen LogP contribution in [0.1, 0.15) is 26.7 Å². The van der Waals surface area contributed by atoms with Gasteiger partial charge in [-0.15, -0.1) is 0 Å². The summed E-state index contributed by atoms with van der Waals surface area (Å²) in [6, 6.07) is 7.01. The minimum Gasteiger partial charge on any atom is -0.372 e. The van der Waals surface area contributed by atoms with Crippen molar-refractivity contribution < 1.29 is 14.4 Å². The predicted octanol–water partition coefficient (Wildman–Crippen LogP) is 0.781. The molecule has 0 radical (unpaired) electrons. The number of benzene rings is 1. The van der Waals surface area contributed by atoms with Gasteiger partial charge < -0.3 is 5.32 Å². The summed E-state index contributed by atoms with van der Waals surface area (Å²) in [6.07, 6.45) is 1.55. The lowest BCUT2D eigenvalue weighted by atomic mass is 10.0. The van der Waals surface area contributed by atoms with Crippen molar-refractivity contribution in [3.05, 3.63) is 24.3 Å². The third kappa shape index (κ3) is 3.55. The van der Waals surface area contributed by atoms with Crippen LogP contribution >= 0.6 is 0 Å². The fraction of sp³-hybridized carbons (Fsp3) is 0.400. The van der Waals surface area contributed by atoms with Gasteiger partial charge in [-0.25, -0.2) is 0 Å². The second kappa shape index (κ2) is 6.93. The summed E-state index contributed by atoms with van der Waals surface area (Å²) in [6.45, 7) is 3.16. The van der Waals surface area contributed by atoms with Crippen LogP contribution < -0.4 is 21.1 Å². The highest BCUT2D eigenvalue weighted by molar-refractivity contribution is 6.07. The van der Waals surface area contributed by atoms with Crippen molar-refractivity contribution in [2.75, 3.05) is 16.8 Å². The number of fused-ring (bicyclic) bond motifs is 1. The lowest BCUT2D eigenvalue weighted by Gasteiger charge is -2.34. The minimum absolute atomic E-state index is 0.140. The van der Waals surface area contributed by atoms with Crippen LogP contribution in [0, 0.1) is 0 Å². The maximum absolute atomic E-state index is 12.5. The van der Waals surface area contributed by atoms with Gasteiger partial charge >= 0.3 is 0 Å². The smallest absolute Gasteiger partial charge is 0.258 e. The molecule has 1 aromatic carbocycles. The first-order chi connectivity index (χ1) is 10.5. The molecule has 7 nitrogen and oxygen atoms in total. The topological polar surface area (TPSA) is 90.5 Å². The Morgan fingerprint density at radius 2 is 2.00 bits per heavy atom. The normalized spacial score (nSPS) is 16.5. The molecule has 3 amide bonds. The molecule has 2 rings (SSSR count). The highest BCUT2D eigenvalue weighted by atomic mass is 16.2. The van der Waals surface area contributed by atoms with E-state index in [0.717, 1.165) is 12.1 Å². The molecule has 0 aliphatic carbocycles. The molecule has 0 saturated carbocycles. The molecule has 0 spiro atoms. The van der Waals surface area contributed by atoms with Gasteiger partial charge in [-0.05, 0) is 18.6 Å². The minimum atomic E-state index is -0.449. The number of carbonyl (C=O) groups excluding carboxylic acids is 3. The summed E-state index contributed by atoms with van der Waals surface area (Å²) in [5, 5.41) is 3.21. The lowest BCUT2D eigenvalue weighted by Crippen LogP contribution is -2.52. The Morgan fingerprint density at radius 3 is 2.68 bits per heavy atom. The molecule has 0 aromatic heterocycles. The Labute approximate surface area is 129 Å². The van der Waals surface area contributed by atoms with Crippen LogP contribution in [0.4, 0.5) is 11.4 Å². The van der Waals surface area contributed by atoms with E-state index >= 15 is 0 Å². The van der Waals surface area contributed by atoms with E-state index in [1.54, 1.807) is 6.07 Å². The average Bonchev–Trinajstić information content (AvgIpc) is 2.49. The monoisotopic (exact) mass is 304 g/mol. The van der Waals surface area contributed by atoms with Crippen molar-refractivity contribution in [1.29, 1.82) is 0 Å². The number of hydrogen-bond donors (Lipinski definition) is 3. The number of para-hydroxylation sites is 2. The van der Waals surface area contributed by atoms with Gasteiger partial charge in [0.05, 0.1) is 11.4 Å². The molecule has 1 heterocycles. The predicted molar refractivity (Wildman–Crippen MR) is 83.1 cm³/mol. The van der Waals surface area contributed by atoms with Crippen molar-refractivity contribution in [2.45, 2.75) is 32.7 Å². The van der Waals surface area contributed by atoms with Crippen molar-refractivity contribution in [2.24, 2.45) is 0 Å². The van der Waals surface area contributed by atoms with E-state index in [2.05, 4.69) is 16.2 Å². The van der Waals surface area contributed by atoms with Crippen LogP contribution in [0.2, 0.25) is 0 Å². The summed E-state index contributed by atoms with van der Waals surface area (Å²) < 4.78 is 0. The third-order valence-corrected chi connectivity index (χ3v) is 3.35. The van der Waals surface area contributed by atoms with Crippen LogP contribution in [-0.4, -0.2) is 30.3 Å². The number of anilines is 2. The Morgan fingerprint density at radius 1 is 1.27 bits per heavy atom. The summed E-state index contributed by atoms with van der Waals surface area (Å²) in [7, 11) is 0. The van der Waals surface area contributed by atoms with Crippen LogP contribution in [0.15, 0.2) is 24.3 Å². The molecule has 1 aliphatic rings. The Kier molecular flexibility index (Phi) is 4.98. The molecule has 0 bridgehead atoms. The molecular weight excluding hydrogens is 284 g/mol. The second-order valence-electron chi connectivity index (χ2n) is 5.16. The zero-order valence-electron chi connectivity index (χ0n) is 12.7. The van der Waals surface area contributed by atoms with E-state index in [0.29, 0.717) is 12.1 Å². The highest BCUT2D eigenvalue weighted by Crippen LogP contribution is 2.31. The average molecular weight is 304 g/mol. The quantitative estimate of drug-likeness (QED) is 0.717. The number of nitrogens with one attached hydrogen (secondary N) is 3. The van der Waals surface area contributed by atoms with Gasteiger partial charge in [-0.2, -0.15) is 0 Å². The summed E-state index contributed by atoms with van der Waals surface area (Å²) in [5.41, 5.74) is 5.98. The van der Waals surface area contributed by atoms with E-state index in [-0.39, 0.29) is 24.4 Å². The van der Waals surface area contributed by atoms with E-state index in [1.807, 2.05) is 25.1 Å². The van der Waals surface area contributed by atoms with E-state index in [1.165, 1.54) is 11.8 Å². The van der Waals surface area contributed by atoms with Crippen molar-refractivity contribution in [3.63, 3.8) is 0 Å². The molecule has 1 atom stereocenters. The molecule has 1 aromatic rings. The van der Waals surface area contributed by atoms with Gasteiger partial charge in [0.2, 0.25) is 11.8 Å².